The highest BCUT2D eigenvalue weighted by molar-refractivity contribution is 5.96. The van der Waals surface area contributed by atoms with Crippen LogP contribution in [0.3, 0.4) is 0 Å². The van der Waals surface area contributed by atoms with Gasteiger partial charge in [0.05, 0.1) is 0 Å². The molecule has 0 saturated carbocycles. The van der Waals surface area contributed by atoms with Crippen molar-refractivity contribution >= 4 is 32.8 Å². The van der Waals surface area contributed by atoms with Crippen molar-refractivity contribution in [2.45, 2.75) is 0 Å². The second-order valence-corrected chi connectivity index (χ2v) is 4.88. The Morgan fingerprint density at radius 2 is 0.955 bits per heavy atom. The van der Waals surface area contributed by atoms with Gasteiger partial charge in [-0.2, -0.15) is 0 Å². The normalized spacial score (nSPS) is 11.5. The molecule has 1 heterocycles. The monoisotopic (exact) mass is 290 g/mol. The van der Waals surface area contributed by atoms with E-state index < -0.39 is 21.7 Å². The minimum atomic E-state index is -0.510. The van der Waals surface area contributed by atoms with Gasteiger partial charge in [0.1, 0.15) is 22.1 Å². The number of rotatable bonds is 0. The lowest BCUT2D eigenvalue weighted by atomic mass is 10.1. The van der Waals surface area contributed by atoms with Gasteiger partial charge in [0.15, 0.2) is 0 Å². The molecule has 0 atom stereocenters. The molecule has 3 aromatic carbocycles. The van der Waals surface area contributed by atoms with Crippen LogP contribution in [-0.2, 0) is 0 Å². The van der Waals surface area contributed by atoms with E-state index in [1.807, 2.05) is 0 Å². The molecule has 22 heavy (non-hydrogen) atoms. The van der Waals surface area contributed by atoms with E-state index in [0.717, 1.165) is 12.1 Å². The van der Waals surface area contributed by atoms with E-state index in [2.05, 4.69) is 9.97 Å². The zero-order valence-electron chi connectivity index (χ0n) is 11.0. The second kappa shape index (κ2) is 4.11. The summed E-state index contributed by atoms with van der Waals surface area (Å²) in [7, 11) is 0. The maximum atomic E-state index is 12.5. The molecule has 0 unspecified atom stereocenters. The lowest BCUT2D eigenvalue weighted by Crippen LogP contribution is -2.19. The predicted octanol–water partition coefficient (Wildman–Crippen LogP) is 0.253. The van der Waals surface area contributed by atoms with Gasteiger partial charge in [-0.25, -0.2) is 9.97 Å². The van der Waals surface area contributed by atoms with Crippen LogP contribution in [0.1, 0.15) is 0 Å². The Bertz CT molecular complexity index is 1200. The van der Waals surface area contributed by atoms with Gasteiger partial charge in [-0.3, -0.25) is 19.2 Å². The number of aromatic nitrogens is 2. The van der Waals surface area contributed by atoms with Crippen LogP contribution < -0.4 is 21.7 Å². The Balaban J connectivity index is 2.44. The van der Waals surface area contributed by atoms with Gasteiger partial charge in [0, 0.05) is 10.8 Å². The predicted molar refractivity (Wildman–Crippen MR) is 82.0 cm³/mol. The van der Waals surface area contributed by atoms with Crippen LogP contribution >= 0.6 is 0 Å². The van der Waals surface area contributed by atoms with Gasteiger partial charge in [-0.05, 0) is 12.1 Å². The minimum Gasteiger partial charge on any atom is -0.287 e. The van der Waals surface area contributed by atoms with Gasteiger partial charge >= 0.3 is 0 Å². The summed E-state index contributed by atoms with van der Waals surface area (Å²) in [6.45, 7) is 0. The first kappa shape index (κ1) is 12.5. The van der Waals surface area contributed by atoms with Crippen molar-refractivity contribution < 1.29 is 0 Å². The van der Waals surface area contributed by atoms with E-state index in [-0.39, 0.29) is 32.8 Å². The van der Waals surface area contributed by atoms with Crippen molar-refractivity contribution in [3.63, 3.8) is 0 Å². The minimum absolute atomic E-state index is 0.182. The number of nitrogens with zero attached hydrogens (tertiary/aromatic N) is 2. The van der Waals surface area contributed by atoms with Crippen LogP contribution in [0, 0.1) is 0 Å². The van der Waals surface area contributed by atoms with E-state index in [9.17, 15) is 19.2 Å². The average Bonchev–Trinajstić information content (AvgIpc) is 2.55. The molecule has 0 fully saturated rings. The smallest absolute Gasteiger partial charge is 0.214 e. The molecule has 0 saturated heterocycles. The zero-order chi connectivity index (χ0) is 15.4. The van der Waals surface area contributed by atoms with Crippen LogP contribution in [-0.4, -0.2) is 9.97 Å². The summed E-state index contributed by atoms with van der Waals surface area (Å²) < 4.78 is 0. The maximum Gasteiger partial charge on any atom is 0.214 e. The molecule has 0 bridgehead atoms. The summed E-state index contributed by atoms with van der Waals surface area (Å²) in [5, 5.41) is 0.443. The molecule has 0 amide bonds. The molecule has 0 aliphatic carbocycles. The summed E-state index contributed by atoms with van der Waals surface area (Å²) >= 11 is 0. The van der Waals surface area contributed by atoms with E-state index in [4.69, 9.17) is 0 Å². The van der Waals surface area contributed by atoms with E-state index >= 15 is 0 Å². The number of benzene rings is 3. The van der Waals surface area contributed by atoms with Crippen molar-refractivity contribution in [2.75, 3.05) is 0 Å². The number of fused-ring (bicyclic) bond motifs is 3. The van der Waals surface area contributed by atoms with Crippen LogP contribution in [0.25, 0.3) is 32.8 Å². The van der Waals surface area contributed by atoms with Gasteiger partial charge in [-0.1, -0.05) is 24.3 Å². The van der Waals surface area contributed by atoms with Crippen molar-refractivity contribution in [1.82, 2.24) is 9.97 Å². The summed E-state index contributed by atoms with van der Waals surface area (Å²) in [4.78, 5) is 56.5. The third kappa shape index (κ3) is 1.49. The van der Waals surface area contributed by atoms with Crippen LogP contribution in [0.5, 0.6) is 0 Å². The van der Waals surface area contributed by atoms with E-state index in [1.165, 1.54) is 12.1 Å². The third-order valence-corrected chi connectivity index (χ3v) is 3.60. The molecular weight excluding hydrogens is 284 g/mol. The van der Waals surface area contributed by atoms with E-state index in [1.54, 1.807) is 12.1 Å². The fraction of sp³-hybridized carbons (Fsp3) is 0. The summed E-state index contributed by atoms with van der Waals surface area (Å²) in [5.41, 5.74) is -2.71. The first-order valence-corrected chi connectivity index (χ1v) is 6.45. The molecule has 0 N–H and O–H groups in total. The molecule has 0 aliphatic rings. The van der Waals surface area contributed by atoms with Crippen molar-refractivity contribution in [3.8, 4) is 0 Å². The molecule has 104 valence electrons. The summed E-state index contributed by atoms with van der Waals surface area (Å²) in [6.07, 6.45) is 0. The van der Waals surface area contributed by atoms with Gasteiger partial charge in [-0.15, -0.1) is 0 Å². The second-order valence-electron chi connectivity index (χ2n) is 4.88. The van der Waals surface area contributed by atoms with Crippen molar-refractivity contribution in [3.05, 3.63) is 77.3 Å². The van der Waals surface area contributed by atoms with Crippen LogP contribution in [0.4, 0.5) is 0 Å². The zero-order valence-corrected chi connectivity index (χ0v) is 11.0. The maximum absolute atomic E-state index is 12.5. The number of hydrogen-bond donors (Lipinski definition) is 0. The van der Waals surface area contributed by atoms with Crippen molar-refractivity contribution in [1.29, 1.82) is 0 Å². The van der Waals surface area contributed by atoms with Gasteiger partial charge in [0.25, 0.3) is 0 Å². The fourth-order valence-electron chi connectivity index (χ4n) is 2.54. The fourth-order valence-corrected chi connectivity index (χ4v) is 2.54. The van der Waals surface area contributed by atoms with Gasteiger partial charge in [0.2, 0.25) is 21.7 Å². The molecule has 0 radical (unpaired) electrons. The highest BCUT2D eigenvalue weighted by Crippen LogP contribution is 2.11. The largest absolute Gasteiger partial charge is 0.287 e. The van der Waals surface area contributed by atoms with Crippen LogP contribution in [0.2, 0.25) is 0 Å². The first-order valence-electron chi connectivity index (χ1n) is 6.45. The standard InChI is InChI=1S/C16H6N2O4/c19-9-5-6-10(20)12-11(9)17-13-14(18-12)16(22)8-4-2-1-3-7(8)15(13)21/h1-6H. The molecule has 4 rings (SSSR count). The average molecular weight is 290 g/mol. The Hall–Kier alpha value is -3.28. The SMILES string of the molecule is O=c1ccc(=O)c2nc3c(=O)c4ccccc4c(=O)c3nc12. The quantitative estimate of drug-likeness (QED) is 0.431. The topological polar surface area (TPSA) is 94.1 Å². The Morgan fingerprint density at radius 1 is 0.545 bits per heavy atom. The Kier molecular flexibility index (Phi) is 2.33. The highest BCUT2D eigenvalue weighted by Gasteiger charge is 2.15. The van der Waals surface area contributed by atoms with Gasteiger partial charge < -0.3 is 0 Å². The molecular formula is C16H6N2O4. The first-order chi connectivity index (χ1) is 10.6. The lowest BCUT2D eigenvalue weighted by molar-refractivity contribution is 1.34. The lowest BCUT2D eigenvalue weighted by Gasteiger charge is -2.01. The Morgan fingerprint density at radius 3 is 1.36 bits per heavy atom. The Labute approximate surface area is 121 Å². The highest BCUT2D eigenvalue weighted by atomic mass is 16.1. The summed E-state index contributed by atoms with van der Waals surface area (Å²) in [5.74, 6) is 0. The van der Waals surface area contributed by atoms with Crippen molar-refractivity contribution in [2.24, 2.45) is 0 Å². The molecule has 1 aromatic heterocycles. The molecule has 0 aliphatic heterocycles. The van der Waals surface area contributed by atoms with Crippen LogP contribution in [0.15, 0.2) is 55.6 Å². The third-order valence-electron chi connectivity index (χ3n) is 3.60. The van der Waals surface area contributed by atoms with E-state index in [0.29, 0.717) is 0 Å². The molecule has 0 spiro atoms. The number of hydrogen-bond acceptors (Lipinski definition) is 6. The molecule has 6 heteroatoms. The molecule has 4 aromatic rings. The molecule has 6 nitrogen and oxygen atoms in total. The summed E-state index contributed by atoms with van der Waals surface area (Å²) in [6, 6.07) is 8.47.